The molecule has 5 rings (SSSR count). The second-order valence-electron chi connectivity index (χ2n) is 12.0. The second-order valence-corrected chi connectivity index (χ2v) is 12.4. The molecule has 8 nitrogen and oxygen atoms in total. The maximum absolute atomic E-state index is 13.9. The van der Waals surface area contributed by atoms with Gasteiger partial charge in [-0.2, -0.15) is 0 Å². The van der Waals surface area contributed by atoms with E-state index in [1.807, 2.05) is 0 Å². The lowest BCUT2D eigenvalue weighted by atomic mass is 9.71. The van der Waals surface area contributed by atoms with Crippen molar-refractivity contribution in [3.05, 3.63) is 46.3 Å². The molecule has 10 heteroatoms. The molecule has 0 atom stereocenters. The Kier molecular flexibility index (Phi) is 8.61. The van der Waals surface area contributed by atoms with Gasteiger partial charge in [-0.25, -0.2) is 9.37 Å². The van der Waals surface area contributed by atoms with Gasteiger partial charge in [0.2, 0.25) is 5.91 Å². The van der Waals surface area contributed by atoms with Crippen LogP contribution in [0.2, 0.25) is 5.02 Å². The van der Waals surface area contributed by atoms with Crippen LogP contribution in [-0.2, 0) is 4.79 Å². The molecular weight excluding hydrogens is 533 g/mol. The summed E-state index contributed by atoms with van der Waals surface area (Å²) >= 11 is 6.29. The number of imidazole rings is 1. The molecule has 3 fully saturated rings. The van der Waals surface area contributed by atoms with Crippen molar-refractivity contribution in [3.8, 4) is 0 Å². The molecule has 1 saturated carbocycles. The summed E-state index contributed by atoms with van der Waals surface area (Å²) in [5.41, 5.74) is 0.924. The minimum atomic E-state index is -0.492. The van der Waals surface area contributed by atoms with Crippen molar-refractivity contribution in [1.29, 1.82) is 0 Å². The van der Waals surface area contributed by atoms with E-state index in [1.165, 1.54) is 25.2 Å². The fraction of sp³-hybridized carbons (Fsp3) is 0.600. The summed E-state index contributed by atoms with van der Waals surface area (Å²) in [6.07, 6.45) is 8.24. The number of carbonyl (C=O) groups excluding carboxylic acids is 3. The predicted octanol–water partition coefficient (Wildman–Crippen LogP) is 5.30. The third-order valence-electron chi connectivity index (χ3n) is 9.19. The first-order valence-electron chi connectivity index (χ1n) is 14.5. The van der Waals surface area contributed by atoms with Gasteiger partial charge in [-0.05, 0) is 102 Å². The smallest absolute Gasteiger partial charge is 0.270 e. The molecule has 3 heterocycles. The molecule has 1 aliphatic carbocycles. The standard InChI is InChI=1S/C30H39ClFN5O3/c1-19-7-13-36(14-8-19)12-3-4-25(38)26-27(34-18-33-26)28(39)35-21-5-9-30(10-6-21)11-15-37(29(30)40)24-16-20(2)23(32)17-22(24)31/h16-19,21H,3-15H2,1-2H3,(H,33,34)(H,35,39). The first-order valence-corrected chi connectivity index (χ1v) is 14.9. The van der Waals surface area contributed by atoms with E-state index in [9.17, 15) is 18.8 Å². The SMILES string of the molecule is Cc1cc(N2CCC3(CCC(NC(=O)c4[nH]cnc4C(=O)CCCN4CCC(C)CC4)CC3)C2=O)c(Cl)cc1F. The van der Waals surface area contributed by atoms with Gasteiger partial charge in [0, 0.05) is 19.0 Å². The lowest BCUT2D eigenvalue weighted by molar-refractivity contribution is -0.127. The highest BCUT2D eigenvalue weighted by Crippen LogP contribution is 2.47. The average Bonchev–Trinajstić information content (AvgIpc) is 3.55. The van der Waals surface area contributed by atoms with Gasteiger partial charge in [0.1, 0.15) is 17.2 Å². The zero-order valence-electron chi connectivity index (χ0n) is 23.4. The van der Waals surface area contributed by atoms with Gasteiger partial charge in [-0.1, -0.05) is 18.5 Å². The Balaban J connectivity index is 1.13. The number of rotatable bonds is 8. The number of halogens is 2. The molecular formula is C30H39ClFN5O3. The number of carbonyl (C=O) groups is 3. The molecule has 1 aromatic heterocycles. The Labute approximate surface area is 240 Å². The zero-order valence-corrected chi connectivity index (χ0v) is 24.2. The van der Waals surface area contributed by atoms with Crippen LogP contribution in [0, 0.1) is 24.1 Å². The highest BCUT2D eigenvalue weighted by molar-refractivity contribution is 6.34. The quantitative estimate of drug-likeness (QED) is 0.419. The highest BCUT2D eigenvalue weighted by atomic mass is 35.5. The Morgan fingerprint density at radius 1 is 1.15 bits per heavy atom. The molecule has 40 heavy (non-hydrogen) atoms. The monoisotopic (exact) mass is 571 g/mol. The minimum absolute atomic E-state index is 0.0192. The number of aromatic nitrogens is 2. The van der Waals surface area contributed by atoms with E-state index in [0.717, 1.165) is 32.0 Å². The molecule has 3 aliphatic rings. The van der Waals surface area contributed by atoms with E-state index in [2.05, 4.69) is 27.1 Å². The molecule has 1 spiro atoms. The number of anilines is 1. The van der Waals surface area contributed by atoms with E-state index >= 15 is 0 Å². The number of aromatic amines is 1. The third kappa shape index (κ3) is 5.96. The lowest BCUT2D eigenvalue weighted by Gasteiger charge is -2.36. The Hall–Kier alpha value is -2.78. The maximum Gasteiger partial charge on any atom is 0.270 e. The summed E-state index contributed by atoms with van der Waals surface area (Å²) in [4.78, 5) is 50.6. The van der Waals surface area contributed by atoms with Crippen LogP contribution in [0.4, 0.5) is 10.1 Å². The summed E-state index contributed by atoms with van der Waals surface area (Å²) in [6.45, 7) is 7.53. The van der Waals surface area contributed by atoms with E-state index < -0.39 is 5.41 Å². The van der Waals surface area contributed by atoms with Gasteiger partial charge in [0.05, 0.1) is 22.5 Å². The van der Waals surface area contributed by atoms with Crippen LogP contribution < -0.4 is 10.2 Å². The molecule has 1 aromatic carbocycles. The fourth-order valence-corrected chi connectivity index (χ4v) is 6.73. The number of ketones is 1. The van der Waals surface area contributed by atoms with Crippen molar-refractivity contribution in [1.82, 2.24) is 20.2 Å². The summed E-state index contributed by atoms with van der Waals surface area (Å²) in [5.74, 6) is -0.0484. The first kappa shape index (κ1) is 28.7. The van der Waals surface area contributed by atoms with E-state index in [0.29, 0.717) is 56.3 Å². The Morgan fingerprint density at radius 2 is 1.88 bits per heavy atom. The van der Waals surface area contributed by atoms with E-state index in [4.69, 9.17) is 11.6 Å². The number of aryl methyl sites for hydroxylation is 1. The number of likely N-dealkylation sites (tertiary alicyclic amines) is 1. The summed E-state index contributed by atoms with van der Waals surface area (Å²) in [6, 6.07) is 2.81. The van der Waals surface area contributed by atoms with Crippen LogP contribution in [0.5, 0.6) is 0 Å². The Morgan fingerprint density at radius 3 is 2.60 bits per heavy atom. The van der Waals surface area contributed by atoms with Gasteiger partial charge in [0.15, 0.2) is 5.78 Å². The second kappa shape index (κ2) is 12.0. The number of benzene rings is 1. The van der Waals surface area contributed by atoms with Crippen LogP contribution >= 0.6 is 11.6 Å². The van der Waals surface area contributed by atoms with Crippen molar-refractivity contribution < 1.29 is 18.8 Å². The number of hydrogen-bond acceptors (Lipinski definition) is 5. The van der Waals surface area contributed by atoms with Crippen molar-refractivity contribution in [2.75, 3.05) is 31.1 Å². The molecule has 216 valence electrons. The minimum Gasteiger partial charge on any atom is -0.348 e. The number of piperidine rings is 1. The maximum atomic E-state index is 13.9. The topological polar surface area (TPSA) is 98.4 Å². The van der Waals surface area contributed by atoms with E-state index in [1.54, 1.807) is 17.9 Å². The molecule has 2 aliphatic heterocycles. The molecule has 2 N–H and O–H groups in total. The van der Waals surface area contributed by atoms with Crippen LogP contribution in [0.25, 0.3) is 0 Å². The number of amides is 2. The zero-order chi connectivity index (χ0) is 28.4. The van der Waals surface area contributed by atoms with Gasteiger partial charge < -0.3 is 20.1 Å². The number of nitrogens with zero attached hydrogens (tertiary/aromatic N) is 3. The van der Waals surface area contributed by atoms with Crippen LogP contribution in [-0.4, -0.2) is 64.7 Å². The van der Waals surface area contributed by atoms with Gasteiger partial charge in [-0.3, -0.25) is 14.4 Å². The molecule has 0 bridgehead atoms. The summed E-state index contributed by atoms with van der Waals surface area (Å²) in [5, 5.41) is 3.29. The average molecular weight is 572 g/mol. The van der Waals surface area contributed by atoms with Crippen LogP contribution in [0.3, 0.4) is 0 Å². The summed E-state index contributed by atoms with van der Waals surface area (Å²) in [7, 11) is 0. The first-order chi connectivity index (χ1) is 19.2. The van der Waals surface area contributed by atoms with Crippen molar-refractivity contribution in [2.24, 2.45) is 11.3 Å². The van der Waals surface area contributed by atoms with Gasteiger partial charge in [-0.15, -0.1) is 0 Å². The highest BCUT2D eigenvalue weighted by Gasteiger charge is 2.49. The molecule has 2 aromatic rings. The van der Waals surface area contributed by atoms with Crippen molar-refractivity contribution in [3.63, 3.8) is 0 Å². The molecule has 0 unspecified atom stereocenters. The number of Topliss-reactive ketones (excluding diaryl/α,β-unsaturated/α-hetero) is 1. The van der Waals surface area contributed by atoms with Crippen molar-refractivity contribution >= 4 is 34.9 Å². The largest absolute Gasteiger partial charge is 0.348 e. The molecule has 2 amide bonds. The van der Waals surface area contributed by atoms with Gasteiger partial charge >= 0.3 is 0 Å². The fourth-order valence-electron chi connectivity index (χ4n) is 6.48. The van der Waals surface area contributed by atoms with Crippen LogP contribution in [0.15, 0.2) is 18.5 Å². The summed E-state index contributed by atoms with van der Waals surface area (Å²) < 4.78 is 13.9. The lowest BCUT2D eigenvalue weighted by Crippen LogP contribution is -2.44. The molecule has 0 radical (unpaired) electrons. The normalized spacial score (nSPS) is 24.1. The number of nitrogens with one attached hydrogen (secondary N) is 2. The molecule has 2 saturated heterocycles. The van der Waals surface area contributed by atoms with Crippen molar-refractivity contribution in [2.45, 2.75) is 77.7 Å². The number of H-pyrrole nitrogens is 1. The Bertz CT molecular complexity index is 1260. The van der Waals surface area contributed by atoms with E-state index in [-0.39, 0.29) is 45.9 Å². The van der Waals surface area contributed by atoms with Gasteiger partial charge in [0.25, 0.3) is 5.91 Å². The number of hydrogen-bond donors (Lipinski definition) is 2. The van der Waals surface area contributed by atoms with Crippen LogP contribution in [0.1, 0.15) is 91.3 Å². The third-order valence-corrected chi connectivity index (χ3v) is 9.50. The predicted molar refractivity (Wildman–Crippen MR) is 152 cm³/mol.